The van der Waals surface area contributed by atoms with Crippen molar-refractivity contribution in [3.8, 4) is 5.75 Å². The lowest BCUT2D eigenvalue weighted by Gasteiger charge is -2.17. The van der Waals surface area contributed by atoms with Crippen molar-refractivity contribution in [1.29, 1.82) is 0 Å². The number of carbonyl (C=O) groups excluding carboxylic acids is 1. The highest BCUT2D eigenvalue weighted by molar-refractivity contribution is 5.93. The number of methoxy groups -OCH3 is 1. The van der Waals surface area contributed by atoms with Crippen LogP contribution in [0.25, 0.3) is 0 Å². The molecule has 0 bridgehead atoms. The number of anilines is 1. The SMILES string of the molecule is COc1ccccc1NC(=O)CN1CCC(C(C)O)C1. The average Bonchev–Trinajstić information content (AvgIpc) is 2.88. The Bertz CT molecular complexity index is 462. The Morgan fingerprint density at radius 3 is 2.95 bits per heavy atom. The fraction of sp³-hybridized carbons (Fsp3) is 0.533. The Morgan fingerprint density at radius 1 is 1.55 bits per heavy atom. The van der Waals surface area contributed by atoms with Gasteiger partial charge in [-0.15, -0.1) is 0 Å². The van der Waals surface area contributed by atoms with Gasteiger partial charge in [-0.3, -0.25) is 9.69 Å². The number of para-hydroxylation sites is 2. The monoisotopic (exact) mass is 278 g/mol. The second-order valence-corrected chi connectivity index (χ2v) is 5.27. The van der Waals surface area contributed by atoms with Gasteiger partial charge in [0.1, 0.15) is 5.75 Å². The molecule has 5 nitrogen and oxygen atoms in total. The van der Waals surface area contributed by atoms with Crippen LogP contribution in [-0.4, -0.2) is 48.8 Å². The number of amides is 1. The molecule has 0 aromatic heterocycles. The van der Waals surface area contributed by atoms with E-state index in [1.165, 1.54) is 0 Å². The zero-order chi connectivity index (χ0) is 14.5. The van der Waals surface area contributed by atoms with Gasteiger partial charge in [0.05, 0.1) is 25.4 Å². The lowest BCUT2D eigenvalue weighted by atomic mass is 10.0. The number of ether oxygens (including phenoxy) is 1. The van der Waals surface area contributed by atoms with Crippen molar-refractivity contribution in [2.75, 3.05) is 32.1 Å². The van der Waals surface area contributed by atoms with Crippen molar-refractivity contribution in [1.82, 2.24) is 4.90 Å². The van der Waals surface area contributed by atoms with Crippen molar-refractivity contribution in [2.45, 2.75) is 19.4 Å². The number of hydrogen-bond acceptors (Lipinski definition) is 4. The van der Waals surface area contributed by atoms with Crippen LogP contribution in [0.1, 0.15) is 13.3 Å². The lowest BCUT2D eigenvalue weighted by Crippen LogP contribution is -2.32. The minimum Gasteiger partial charge on any atom is -0.495 e. The van der Waals surface area contributed by atoms with Gasteiger partial charge in [-0.05, 0) is 37.9 Å². The van der Waals surface area contributed by atoms with Gasteiger partial charge >= 0.3 is 0 Å². The highest BCUT2D eigenvalue weighted by Crippen LogP contribution is 2.23. The maximum Gasteiger partial charge on any atom is 0.238 e. The van der Waals surface area contributed by atoms with E-state index >= 15 is 0 Å². The van der Waals surface area contributed by atoms with Gasteiger partial charge in [0.25, 0.3) is 0 Å². The molecule has 2 N–H and O–H groups in total. The summed E-state index contributed by atoms with van der Waals surface area (Å²) in [6, 6.07) is 7.36. The van der Waals surface area contributed by atoms with Crippen molar-refractivity contribution in [3.05, 3.63) is 24.3 Å². The van der Waals surface area contributed by atoms with E-state index in [-0.39, 0.29) is 17.9 Å². The van der Waals surface area contributed by atoms with Gasteiger partial charge in [0.2, 0.25) is 5.91 Å². The Morgan fingerprint density at radius 2 is 2.30 bits per heavy atom. The number of carbonyl (C=O) groups is 1. The van der Waals surface area contributed by atoms with E-state index in [2.05, 4.69) is 10.2 Å². The molecule has 1 saturated heterocycles. The molecular formula is C15H22N2O3. The quantitative estimate of drug-likeness (QED) is 0.853. The summed E-state index contributed by atoms with van der Waals surface area (Å²) in [6.07, 6.45) is 0.636. The highest BCUT2D eigenvalue weighted by Gasteiger charge is 2.27. The fourth-order valence-corrected chi connectivity index (χ4v) is 2.54. The van der Waals surface area contributed by atoms with E-state index in [0.717, 1.165) is 19.5 Å². The van der Waals surface area contributed by atoms with Gasteiger partial charge in [0, 0.05) is 6.54 Å². The van der Waals surface area contributed by atoms with Crippen LogP contribution in [-0.2, 0) is 4.79 Å². The summed E-state index contributed by atoms with van der Waals surface area (Å²) in [7, 11) is 1.58. The predicted octanol–water partition coefficient (Wildman–Crippen LogP) is 1.34. The number of nitrogens with zero attached hydrogens (tertiary/aromatic N) is 1. The fourth-order valence-electron chi connectivity index (χ4n) is 2.54. The molecule has 1 amide bonds. The van der Waals surface area contributed by atoms with Crippen LogP contribution in [0, 0.1) is 5.92 Å². The number of benzene rings is 1. The Labute approximate surface area is 119 Å². The molecule has 1 aliphatic heterocycles. The molecule has 0 saturated carbocycles. The second-order valence-electron chi connectivity index (χ2n) is 5.27. The summed E-state index contributed by atoms with van der Waals surface area (Å²) in [5.41, 5.74) is 0.686. The van der Waals surface area contributed by atoms with Crippen LogP contribution >= 0.6 is 0 Å². The molecule has 2 rings (SSSR count). The number of likely N-dealkylation sites (tertiary alicyclic amines) is 1. The third-order valence-corrected chi connectivity index (χ3v) is 3.74. The number of aliphatic hydroxyl groups excluding tert-OH is 1. The zero-order valence-electron chi connectivity index (χ0n) is 12.0. The molecular weight excluding hydrogens is 256 g/mol. The summed E-state index contributed by atoms with van der Waals surface area (Å²) in [5, 5.41) is 12.4. The van der Waals surface area contributed by atoms with E-state index in [4.69, 9.17) is 4.74 Å². The maximum absolute atomic E-state index is 12.0. The van der Waals surface area contributed by atoms with Gasteiger partial charge in [-0.25, -0.2) is 0 Å². The molecule has 5 heteroatoms. The number of nitrogens with one attached hydrogen (secondary N) is 1. The van der Waals surface area contributed by atoms with E-state index in [9.17, 15) is 9.90 Å². The molecule has 1 fully saturated rings. The zero-order valence-corrected chi connectivity index (χ0v) is 12.0. The summed E-state index contributed by atoms with van der Waals surface area (Å²) >= 11 is 0. The molecule has 0 spiro atoms. The van der Waals surface area contributed by atoms with Crippen molar-refractivity contribution >= 4 is 11.6 Å². The Balaban J connectivity index is 1.87. The van der Waals surface area contributed by atoms with E-state index in [0.29, 0.717) is 18.0 Å². The Kier molecular flexibility index (Phi) is 4.98. The van der Waals surface area contributed by atoms with E-state index < -0.39 is 0 Å². The van der Waals surface area contributed by atoms with Crippen LogP contribution in [0.5, 0.6) is 5.75 Å². The number of hydrogen-bond donors (Lipinski definition) is 2. The van der Waals surface area contributed by atoms with Gasteiger partial charge in [-0.2, -0.15) is 0 Å². The first kappa shape index (κ1) is 14.8. The van der Waals surface area contributed by atoms with Crippen LogP contribution in [0.4, 0.5) is 5.69 Å². The minimum absolute atomic E-state index is 0.0549. The molecule has 20 heavy (non-hydrogen) atoms. The molecule has 0 aliphatic carbocycles. The normalized spacial score (nSPS) is 20.6. The first-order chi connectivity index (χ1) is 9.60. The number of rotatable bonds is 5. The van der Waals surface area contributed by atoms with Crippen LogP contribution in [0.2, 0.25) is 0 Å². The molecule has 2 unspecified atom stereocenters. The summed E-state index contributed by atoms with van der Waals surface area (Å²) in [6.45, 7) is 3.79. The van der Waals surface area contributed by atoms with Crippen molar-refractivity contribution in [3.63, 3.8) is 0 Å². The van der Waals surface area contributed by atoms with Crippen LogP contribution < -0.4 is 10.1 Å². The maximum atomic E-state index is 12.0. The predicted molar refractivity (Wildman–Crippen MR) is 77.9 cm³/mol. The molecule has 1 heterocycles. The third kappa shape index (κ3) is 3.71. The molecule has 2 atom stereocenters. The average molecular weight is 278 g/mol. The highest BCUT2D eigenvalue weighted by atomic mass is 16.5. The smallest absolute Gasteiger partial charge is 0.238 e. The van der Waals surface area contributed by atoms with Crippen LogP contribution in [0.15, 0.2) is 24.3 Å². The van der Waals surface area contributed by atoms with E-state index in [1.807, 2.05) is 31.2 Å². The topological polar surface area (TPSA) is 61.8 Å². The molecule has 1 aromatic rings. The number of aliphatic hydroxyl groups is 1. The summed E-state index contributed by atoms with van der Waals surface area (Å²) in [4.78, 5) is 14.1. The van der Waals surface area contributed by atoms with Gasteiger partial charge < -0.3 is 15.2 Å². The van der Waals surface area contributed by atoms with Crippen molar-refractivity contribution < 1.29 is 14.6 Å². The molecule has 1 aromatic carbocycles. The molecule has 1 aliphatic rings. The summed E-state index contributed by atoms with van der Waals surface area (Å²) in [5.74, 6) is 0.874. The molecule has 110 valence electrons. The first-order valence-electron chi connectivity index (χ1n) is 6.93. The standard InChI is InChI=1S/C15H22N2O3/c1-11(18)12-7-8-17(9-12)10-15(19)16-13-5-3-4-6-14(13)20-2/h3-6,11-12,18H,7-10H2,1-2H3,(H,16,19). The lowest BCUT2D eigenvalue weighted by molar-refractivity contribution is -0.117. The van der Waals surface area contributed by atoms with Crippen LogP contribution in [0.3, 0.4) is 0 Å². The van der Waals surface area contributed by atoms with Gasteiger partial charge in [0.15, 0.2) is 0 Å². The first-order valence-corrected chi connectivity index (χ1v) is 6.93. The summed E-state index contributed by atoms with van der Waals surface area (Å²) < 4.78 is 5.20. The van der Waals surface area contributed by atoms with Gasteiger partial charge in [-0.1, -0.05) is 12.1 Å². The second kappa shape index (κ2) is 6.72. The van der Waals surface area contributed by atoms with E-state index in [1.54, 1.807) is 7.11 Å². The largest absolute Gasteiger partial charge is 0.495 e. The minimum atomic E-state index is -0.308. The Hall–Kier alpha value is -1.59. The van der Waals surface area contributed by atoms with Crippen molar-refractivity contribution in [2.24, 2.45) is 5.92 Å². The molecule has 0 radical (unpaired) electrons. The third-order valence-electron chi connectivity index (χ3n) is 3.74.